The highest BCUT2D eigenvalue weighted by Gasteiger charge is 2.37. The number of hydrogen-bond donors (Lipinski definition) is 2. The second-order valence-electron chi connectivity index (χ2n) is 4.58. The Morgan fingerprint density at radius 3 is 2.93 bits per heavy atom. The van der Waals surface area contributed by atoms with Gasteiger partial charge >= 0.3 is 0 Å². The normalized spacial score (nSPS) is 35.9. The van der Waals surface area contributed by atoms with Crippen molar-refractivity contribution in [1.29, 1.82) is 0 Å². The van der Waals surface area contributed by atoms with Gasteiger partial charge in [-0.05, 0) is 39.1 Å². The number of unbranched alkanes of at least 4 members (excludes halogenated alkanes) is 1. The third-order valence-corrected chi connectivity index (χ3v) is 11.4. The lowest BCUT2D eigenvalue weighted by Crippen LogP contribution is -2.50. The fourth-order valence-corrected chi connectivity index (χ4v) is 7.54. The summed E-state index contributed by atoms with van der Waals surface area (Å²) in [7, 11) is 0.426. The van der Waals surface area contributed by atoms with Crippen LogP contribution in [0.15, 0.2) is 12.7 Å². The molecule has 0 radical (unpaired) electrons. The molecule has 1 rings (SSSR count). The number of rotatable bonds is 5. The standard InChI is InChI=1S/C11H25N2PS/c1-5-6-7-8-13-15(4)11(2,3)12-9-10-14-15/h5,12-14H,1,6-10H2,2-4H3. The van der Waals surface area contributed by atoms with Crippen molar-refractivity contribution in [2.75, 3.05) is 25.5 Å². The summed E-state index contributed by atoms with van der Waals surface area (Å²) in [5.74, 6) is 0. The summed E-state index contributed by atoms with van der Waals surface area (Å²) >= 11 is 0. The molecule has 1 fully saturated rings. The van der Waals surface area contributed by atoms with Crippen LogP contribution in [-0.2, 0) is 0 Å². The maximum absolute atomic E-state index is 3.81. The van der Waals surface area contributed by atoms with E-state index in [4.69, 9.17) is 0 Å². The molecule has 0 bridgehead atoms. The molecule has 1 aliphatic rings. The molecule has 2 N–H and O–H groups in total. The molecular weight excluding hydrogens is 223 g/mol. The third-order valence-electron chi connectivity index (χ3n) is 3.06. The monoisotopic (exact) mass is 248 g/mol. The van der Waals surface area contributed by atoms with Crippen molar-refractivity contribution in [1.82, 2.24) is 10.0 Å². The van der Waals surface area contributed by atoms with Gasteiger partial charge in [0.2, 0.25) is 0 Å². The molecule has 0 saturated carbocycles. The first-order chi connectivity index (χ1) is 7.02. The molecule has 0 amide bonds. The number of nitrogens with one attached hydrogen (secondary N) is 2. The van der Waals surface area contributed by atoms with E-state index in [0.29, 0.717) is 0 Å². The fourth-order valence-electron chi connectivity index (χ4n) is 1.70. The molecule has 90 valence electrons. The van der Waals surface area contributed by atoms with Gasteiger partial charge in [0.25, 0.3) is 0 Å². The van der Waals surface area contributed by atoms with Gasteiger partial charge in [0, 0.05) is 13.1 Å². The molecule has 0 aliphatic carbocycles. The minimum atomic E-state index is -0.667. The summed E-state index contributed by atoms with van der Waals surface area (Å²) < 4.78 is 3.81. The average Bonchev–Trinajstić information content (AvgIpc) is 2.18. The summed E-state index contributed by atoms with van der Waals surface area (Å²) in [5, 5.41) is 3.65. The molecule has 4 heteroatoms. The van der Waals surface area contributed by atoms with Crippen molar-refractivity contribution < 1.29 is 0 Å². The summed E-state index contributed by atoms with van der Waals surface area (Å²) in [4.78, 5) is 0.290. The Hall–Kier alpha value is 0.440. The summed E-state index contributed by atoms with van der Waals surface area (Å²) in [6.07, 6.45) is 8.12. The maximum Gasteiger partial charge on any atom is 0.0575 e. The van der Waals surface area contributed by atoms with Crippen LogP contribution in [0, 0.1) is 0 Å². The van der Waals surface area contributed by atoms with Gasteiger partial charge in [-0.1, -0.05) is 13.9 Å². The van der Waals surface area contributed by atoms with E-state index in [1.165, 1.54) is 19.1 Å². The summed E-state index contributed by atoms with van der Waals surface area (Å²) in [5.41, 5.74) is 0. The van der Waals surface area contributed by atoms with E-state index in [0.717, 1.165) is 20.7 Å². The number of allylic oxidation sites excluding steroid dienone is 1. The minimum Gasteiger partial charge on any atom is -0.303 e. The summed E-state index contributed by atoms with van der Waals surface area (Å²) in [6.45, 7) is 10.8. The largest absolute Gasteiger partial charge is 0.303 e. The highest BCUT2D eigenvalue weighted by molar-refractivity contribution is 8.72. The van der Waals surface area contributed by atoms with Crippen LogP contribution in [0.1, 0.15) is 26.7 Å². The Morgan fingerprint density at radius 2 is 2.33 bits per heavy atom. The van der Waals surface area contributed by atoms with Crippen molar-refractivity contribution in [3.63, 3.8) is 0 Å². The number of hydrogen-bond acceptors (Lipinski definition) is 2. The van der Waals surface area contributed by atoms with Gasteiger partial charge in [0.05, 0.1) is 4.87 Å². The quantitative estimate of drug-likeness (QED) is 0.444. The molecule has 1 heterocycles. The minimum absolute atomic E-state index is 0.290. The predicted molar refractivity (Wildman–Crippen MR) is 76.2 cm³/mol. The first-order valence-corrected chi connectivity index (χ1v) is 9.62. The van der Waals surface area contributed by atoms with Gasteiger partial charge in [-0.2, -0.15) is 9.83 Å². The molecular formula is C11H25N2PS. The van der Waals surface area contributed by atoms with E-state index in [1.807, 2.05) is 6.08 Å². The van der Waals surface area contributed by atoms with Crippen LogP contribution in [0.3, 0.4) is 0 Å². The van der Waals surface area contributed by atoms with Crippen LogP contribution < -0.4 is 10.0 Å². The molecule has 0 aromatic carbocycles. The van der Waals surface area contributed by atoms with Crippen molar-refractivity contribution in [3.05, 3.63) is 12.7 Å². The zero-order chi connectivity index (χ0) is 11.4. The van der Waals surface area contributed by atoms with Crippen LogP contribution in [0.4, 0.5) is 0 Å². The van der Waals surface area contributed by atoms with Gasteiger partial charge in [-0.3, -0.25) is 4.72 Å². The van der Waals surface area contributed by atoms with Crippen LogP contribution in [0.2, 0.25) is 0 Å². The van der Waals surface area contributed by atoms with Crippen LogP contribution in [-0.4, -0.2) is 30.4 Å². The van der Waals surface area contributed by atoms with Crippen LogP contribution in [0.25, 0.3) is 0 Å². The van der Waals surface area contributed by atoms with Gasteiger partial charge in [-0.25, -0.2) is 0 Å². The average molecular weight is 248 g/mol. The maximum atomic E-state index is 3.81. The van der Waals surface area contributed by atoms with Crippen molar-refractivity contribution >= 4 is 17.6 Å². The molecule has 2 unspecified atom stereocenters. The first kappa shape index (κ1) is 13.5. The van der Waals surface area contributed by atoms with E-state index < -0.39 is 9.83 Å². The Kier molecular flexibility index (Phi) is 5.11. The lowest BCUT2D eigenvalue weighted by atomic mass is 10.3. The van der Waals surface area contributed by atoms with E-state index in [9.17, 15) is 0 Å². The van der Waals surface area contributed by atoms with Crippen molar-refractivity contribution in [3.8, 4) is 0 Å². The molecule has 1 saturated heterocycles. The Balaban J connectivity index is 2.44. The lowest BCUT2D eigenvalue weighted by Gasteiger charge is -2.53. The van der Waals surface area contributed by atoms with Gasteiger partial charge < -0.3 is 5.32 Å². The van der Waals surface area contributed by atoms with Gasteiger partial charge in [0.1, 0.15) is 0 Å². The predicted octanol–water partition coefficient (Wildman–Crippen LogP) is 2.82. The third kappa shape index (κ3) is 3.45. The molecule has 15 heavy (non-hydrogen) atoms. The molecule has 0 aromatic rings. The zero-order valence-electron chi connectivity index (χ0n) is 10.2. The smallest absolute Gasteiger partial charge is 0.0575 e. The topological polar surface area (TPSA) is 24.1 Å². The molecule has 0 aromatic heterocycles. The highest BCUT2D eigenvalue weighted by Crippen LogP contribution is 2.67. The highest BCUT2D eigenvalue weighted by atomic mass is 32.8. The fraction of sp³-hybridized carbons (Fsp3) is 0.818. The Labute approximate surface area is 97.7 Å². The summed E-state index contributed by atoms with van der Waals surface area (Å²) in [6, 6.07) is 0. The second kappa shape index (κ2) is 5.67. The Morgan fingerprint density at radius 1 is 1.60 bits per heavy atom. The van der Waals surface area contributed by atoms with E-state index in [2.05, 4.69) is 36.7 Å². The van der Waals surface area contributed by atoms with E-state index >= 15 is 0 Å². The van der Waals surface area contributed by atoms with Crippen LogP contribution in [0.5, 0.6) is 0 Å². The van der Waals surface area contributed by atoms with Crippen molar-refractivity contribution in [2.24, 2.45) is 0 Å². The van der Waals surface area contributed by atoms with E-state index in [1.54, 1.807) is 0 Å². The first-order valence-electron chi connectivity index (χ1n) is 5.65. The Bertz CT molecular complexity index is 221. The zero-order valence-corrected chi connectivity index (χ0v) is 12.0. The molecule has 1 aliphatic heterocycles. The molecule has 2 atom stereocenters. The molecule has 0 spiro atoms. The lowest BCUT2D eigenvalue weighted by molar-refractivity contribution is 0.548. The van der Waals surface area contributed by atoms with E-state index in [-0.39, 0.29) is 4.87 Å². The van der Waals surface area contributed by atoms with Gasteiger partial charge in [0.15, 0.2) is 0 Å². The molecule has 2 nitrogen and oxygen atoms in total. The van der Waals surface area contributed by atoms with Gasteiger partial charge in [-0.15, -0.1) is 6.58 Å². The second-order valence-corrected chi connectivity index (χ2v) is 11.8. The SMILES string of the molecule is C=CCCCNS1(C)PCCNC1(C)C. The van der Waals surface area contributed by atoms with Crippen molar-refractivity contribution in [2.45, 2.75) is 31.6 Å². The van der Waals surface area contributed by atoms with Crippen LogP contribution >= 0.6 is 17.6 Å².